The topological polar surface area (TPSA) is 98.3 Å². The number of aromatic nitrogens is 1. The molecule has 3 aromatic carbocycles. The van der Waals surface area contributed by atoms with Crippen LogP contribution in [-0.2, 0) is 33.4 Å². The fraction of sp³-hybridized carbons (Fsp3) is 0.200. The fourth-order valence-electron chi connectivity index (χ4n) is 5.81. The number of halogens is 1. The average Bonchev–Trinajstić information content (AvgIpc) is 3.53. The van der Waals surface area contributed by atoms with Gasteiger partial charge >= 0.3 is 0 Å². The van der Waals surface area contributed by atoms with Crippen LogP contribution >= 0.6 is 11.6 Å². The summed E-state index contributed by atoms with van der Waals surface area (Å²) in [5.41, 5.74) is 1.42. The molecule has 2 aliphatic heterocycles. The van der Waals surface area contributed by atoms with Crippen molar-refractivity contribution in [3.05, 3.63) is 106 Å². The van der Waals surface area contributed by atoms with Crippen molar-refractivity contribution in [2.75, 3.05) is 25.6 Å². The smallest absolute Gasteiger partial charge is 0.274 e. The zero-order valence-corrected chi connectivity index (χ0v) is 24.1. The summed E-state index contributed by atoms with van der Waals surface area (Å²) < 4.78 is 46.1. The van der Waals surface area contributed by atoms with Crippen molar-refractivity contribution < 1.29 is 27.4 Å². The van der Waals surface area contributed by atoms with E-state index in [4.69, 9.17) is 25.8 Å². The van der Waals surface area contributed by atoms with Crippen molar-refractivity contribution in [1.82, 2.24) is 9.88 Å². The Labute approximate surface area is 242 Å². The van der Waals surface area contributed by atoms with Crippen LogP contribution in [0.2, 0.25) is 5.02 Å². The minimum absolute atomic E-state index is 0.0395. The van der Waals surface area contributed by atoms with Gasteiger partial charge in [-0.3, -0.25) is 9.69 Å². The van der Waals surface area contributed by atoms with E-state index in [9.17, 15) is 8.42 Å². The molecule has 2 aliphatic rings. The number of hydrogen-bond donors (Lipinski definition) is 0. The van der Waals surface area contributed by atoms with Crippen molar-refractivity contribution in [3.8, 4) is 17.4 Å². The van der Waals surface area contributed by atoms with E-state index in [1.54, 1.807) is 36.5 Å². The zero-order valence-electron chi connectivity index (χ0n) is 22.5. The highest BCUT2D eigenvalue weighted by Crippen LogP contribution is 2.54. The van der Waals surface area contributed by atoms with E-state index in [1.807, 2.05) is 29.2 Å². The normalized spacial score (nSPS) is 18.2. The summed E-state index contributed by atoms with van der Waals surface area (Å²) in [6.07, 6.45) is 1.56. The van der Waals surface area contributed by atoms with E-state index in [2.05, 4.69) is 4.98 Å². The van der Waals surface area contributed by atoms with Crippen LogP contribution in [-0.4, -0.2) is 45.5 Å². The van der Waals surface area contributed by atoms with Crippen molar-refractivity contribution >= 4 is 33.2 Å². The summed E-state index contributed by atoms with van der Waals surface area (Å²) in [6.45, 7) is 0.761. The van der Waals surface area contributed by atoms with E-state index in [0.29, 0.717) is 35.0 Å². The monoisotopic (exact) mass is 591 g/mol. The number of benzene rings is 3. The number of amides is 1. The number of fused-ring (bicyclic) bond motifs is 2. The number of sulfonamides is 1. The van der Waals surface area contributed by atoms with Gasteiger partial charge in [0.05, 0.1) is 27.0 Å². The molecule has 0 fully saturated rings. The number of pyridine rings is 1. The summed E-state index contributed by atoms with van der Waals surface area (Å²) in [5, 5.41) is 0.349. The molecule has 1 aromatic heterocycles. The Morgan fingerprint density at radius 3 is 2.24 bits per heavy atom. The van der Waals surface area contributed by atoms with Gasteiger partial charge in [0.2, 0.25) is 5.88 Å². The van der Waals surface area contributed by atoms with Gasteiger partial charge in [0.1, 0.15) is 16.4 Å². The van der Waals surface area contributed by atoms with Crippen LogP contribution in [0.4, 0.5) is 5.69 Å². The van der Waals surface area contributed by atoms with E-state index >= 15 is 4.79 Å². The molecule has 210 valence electrons. The molecule has 6 rings (SSSR count). The highest BCUT2D eigenvalue weighted by atomic mass is 35.5. The molecule has 3 heterocycles. The van der Waals surface area contributed by atoms with Gasteiger partial charge in [-0.2, -0.15) is 0 Å². The van der Waals surface area contributed by atoms with Crippen LogP contribution in [0.15, 0.2) is 83.9 Å². The number of carbonyl (C=O) groups excluding carboxylic acids is 1. The number of methoxy groups -OCH3 is 3. The lowest BCUT2D eigenvalue weighted by Crippen LogP contribution is -2.53. The van der Waals surface area contributed by atoms with Gasteiger partial charge in [0, 0.05) is 41.5 Å². The number of carbonyl (C=O) groups is 1. The second-order valence-electron chi connectivity index (χ2n) is 9.65. The Morgan fingerprint density at radius 1 is 0.854 bits per heavy atom. The molecule has 0 saturated carbocycles. The number of anilines is 1. The molecule has 0 radical (unpaired) electrons. The molecule has 11 heteroatoms. The molecule has 9 nitrogen and oxygen atoms in total. The van der Waals surface area contributed by atoms with Gasteiger partial charge in [-0.05, 0) is 53.6 Å². The maximum Gasteiger partial charge on any atom is 0.274 e. The number of ether oxygens (including phenoxy) is 3. The molecule has 0 aliphatic carbocycles. The highest BCUT2D eigenvalue weighted by Gasteiger charge is 2.61. The Hall–Kier alpha value is -4.12. The van der Waals surface area contributed by atoms with Crippen molar-refractivity contribution in [3.63, 3.8) is 0 Å². The van der Waals surface area contributed by atoms with Crippen LogP contribution in [0.3, 0.4) is 0 Å². The molecule has 0 spiro atoms. The summed E-state index contributed by atoms with van der Waals surface area (Å²) in [6, 6.07) is 20.4. The molecule has 0 N–H and O–H groups in total. The predicted molar refractivity (Wildman–Crippen MR) is 153 cm³/mol. The largest absolute Gasteiger partial charge is 0.497 e. The van der Waals surface area contributed by atoms with Gasteiger partial charge in [-0.1, -0.05) is 35.9 Å². The third-order valence-electron chi connectivity index (χ3n) is 7.62. The van der Waals surface area contributed by atoms with Crippen LogP contribution < -0.4 is 18.5 Å². The third-order valence-corrected chi connectivity index (χ3v) is 9.59. The summed E-state index contributed by atoms with van der Waals surface area (Å²) in [5.74, 6) is -0.0570. The van der Waals surface area contributed by atoms with E-state index in [-0.39, 0.29) is 22.2 Å². The van der Waals surface area contributed by atoms with Crippen LogP contribution in [0, 0.1) is 0 Å². The Morgan fingerprint density at radius 2 is 1.59 bits per heavy atom. The highest BCUT2D eigenvalue weighted by molar-refractivity contribution is 7.93. The van der Waals surface area contributed by atoms with Crippen molar-refractivity contribution in [2.45, 2.75) is 23.5 Å². The summed E-state index contributed by atoms with van der Waals surface area (Å²) >= 11 is 6.54. The number of nitrogens with zero attached hydrogens (tertiary/aromatic N) is 3. The maximum absolute atomic E-state index is 15.1. The Bertz CT molecular complexity index is 1770. The quantitative estimate of drug-likeness (QED) is 0.304. The third kappa shape index (κ3) is 3.97. The number of rotatable bonds is 7. The second kappa shape index (κ2) is 10.1. The lowest BCUT2D eigenvalue weighted by Gasteiger charge is -2.38. The average molecular weight is 592 g/mol. The number of hydrogen-bond acceptors (Lipinski definition) is 8. The lowest BCUT2D eigenvalue weighted by molar-refractivity contribution is -0.127. The molecule has 1 amide bonds. The summed E-state index contributed by atoms with van der Waals surface area (Å²) in [7, 11) is -0.210. The van der Waals surface area contributed by atoms with Crippen LogP contribution in [0.5, 0.6) is 17.4 Å². The van der Waals surface area contributed by atoms with Gasteiger partial charge < -0.3 is 14.2 Å². The predicted octanol–water partition coefficient (Wildman–Crippen LogP) is 4.76. The molecule has 0 saturated heterocycles. The van der Waals surface area contributed by atoms with Crippen LogP contribution in [0.1, 0.15) is 22.3 Å². The van der Waals surface area contributed by atoms with E-state index in [1.165, 1.54) is 39.5 Å². The molecule has 4 aromatic rings. The standard InChI is InChI=1S/C30H26ClN3O6S/c1-38-22-11-13-27(26(16-22)39-2)41(36,37)34-25-12-10-21(31)15-24(25)30(29(34)35,23-9-6-14-32-28(23)40-3)33-17-19-7-4-5-8-20(19)18-33/h4-16H,17-18H2,1-3H3. The first kappa shape index (κ1) is 27.1. The van der Waals surface area contributed by atoms with Gasteiger partial charge in [0.15, 0.2) is 5.54 Å². The molecule has 1 unspecified atom stereocenters. The minimum Gasteiger partial charge on any atom is -0.497 e. The molecule has 1 atom stereocenters. The van der Waals surface area contributed by atoms with Crippen molar-refractivity contribution in [1.29, 1.82) is 0 Å². The molecule has 41 heavy (non-hydrogen) atoms. The van der Waals surface area contributed by atoms with Crippen molar-refractivity contribution in [2.24, 2.45) is 0 Å². The first-order valence-electron chi connectivity index (χ1n) is 12.7. The minimum atomic E-state index is -4.51. The van der Waals surface area contributed by atoms with E-state index < -0.39 is 21.5 Å². The first-order chi connectivity index (χ1) is 19.8. The second-order valence-corrected chi connectivity index (χ2v) is 11.8. The van der Waals surface area contributed by atoms with E-state index in [0.717, 1.165) is 15.4 Å². The lowest BCUT2D eigenvalue weighted by atomic mass is 9.82. The van der Waals surface area contributed by atoms with Gasteiger partial charge in [-0.15, -0.1) is 0 Å². The molecule has 0 bridgehead atoms. The molecular formula is C30H26ClN3O6S. The van der Waals surface area contributed by atoms with Gasteiger partial charge in [0.25, 0.3) is 15.9 Å². The fourth-order valence-corrected chi connectivity index (χ4v) is 7.58. The first-order valence-corrected chi connectivity index (χ1v) is 14.5. The van der Waals surface area contributed by atoms with Crippen LogP contribution in [0.25, 0.3) is 0 Å². The summed E-state index contributed by atoms with van der Waals surface area (Å²) in [4.78, 5) is 21.2. The van der Waals surface area contributed by atoms with Gasteiger partial charge in [-0.25, -0.2) is 17.7 Å². The Balaban J connectivity index is 1.64. The zero-order chi connectivity index (χ0) is 28.9. The SMILES string of the molecule is COc1ccc(S(=O)(=O)N2C(=O)C(c3cccnc3OC)(N3Cc4ccccc4C3)c3cc(Cl)ccc32)c(OC)c1. The molecular weight excluding hydrogens is 566 g/mol. The maximum atomic E-state index is 15.1. The Kier molecular flexibility index (Phi) is 6.64.